The van der Waals surface area contributed by atoms with Gasteiger partial charge in [0.05, 0.1) is 12.2 Å². The van der Waals surface area contributed by atoms with Crippen molar-refractivity contribution in [3.05, 3.63) is 0 Å². The van der Waals surface area contributed by atoms with Crippen molar-refractivity contribution in [2.24, 2.45) is 0 Å². The van der Waals surface area contributed by atoms with Gasteiger partial charge in [0.25, 0.3) is 0 Å². The lowest BCUT2D eigenvalue weighted by atomic mass is 10.0. The molecule has 3 fully saturated rings. The Bertz CT molecular complexity index is 316. The Morgan fingerprint density at radius 1 is 1.11 bits per heavy atom. The summed E-state index contributed by atoms with van der Waals surface area (Å²) in [5.74, 6) is -0.455. The second kappa shape index (κ2) is 5.30. The van der Waals surface area contributed by atoms with Crippen LogP contribution >= 0.6 is 0 Å². The first-order valence-electron chi connectivity index (χ1n) is 7.42. The third kappa shape index (κ3) is 3.11. The van der Waals surface area contributed by atoms with Gasteiger partial charge < -0.3 is 19.1 Å². The van der Waals surface area contributed by atoms with E-state index in [2.05, 4.69) is 16.8 Å². The summed E-state index contributed by atoms with van der Waals surface area (Å²) in [6.07, 6.45) is 1.42. The molecule has 5 nitrogen and oxygen atoms in total. The van der Waals surface area contributed by atoms with Crippen molar-refractivity contribution >= 4 is 0 Å². The van der Waals surface area contributed by atoms with Gasteiger partial charge in [-0.05, 0) is 27.3 Å². The minimum absolute atomic E-state index is 0.100. The molecule has 0 amide bonds. The van der Waals surface area contributed by atoms with Gasteiger partial charge in [-0.25, -0.2) is 0 Å². The first-order valence-corrected chi connectivity index (χ1v) is 7.42. The fourth-order valence-corrected chi connectivity index (χ4v) is 3.27. The standard InChI is InChI=1S/C14H26N2O3/c1-14(2)18-11-4-9-17-12(13(11)19-14)10-16-7-5-15(3)6-8-16/h11-13H,4-10H2,1-3H3. The van der Waals surface area contributed by atoms with Crippen molar-refractivity contribution in [1.29, 1.82) is 0 Å². The van der Waals surface area contributed by atoms with E-state index in [4.69, 9.17) is 14.2 Å². The second-order valence-electron chi connectivity index (χ2n) is 6.44. The van der Waals surface area contributed by atoms with Crippen LogP contribution < -0.4 is 0 Å². The van der Waals surface area contributed by atoms with Gasteiger partial charge in [-0.3, -0.25) is 4.90 Å². The van der Waals surface area contributed by atoms with Crippen molar-refractivity contribution in [3.63, 3.8) is 0 Å². The molecule has 0 aromatic heterocycles. The maximum absolute atomic E-state index is 6.04. The highest BCUT2D eigenvalue weighted by molar-refractivity contribution is 4.92. The summed E-state index contributed by atoms with van der Waals surface area (Å²) in [7, 11) is 2.18. The third-order valence-electron chi connectivity index (χ3n) is 4.36. The Labute approximate surface area is 115 Å². The van der Waals surface area contributed by atoms with E-state index in [0.717, 1.165) is 45.8 Å². The van der Waals surface area contributed by atoms with Crippen LogP contribution in [0.2, 0.25) is 0 Å². The zero-order valence-corrected chi connectivity index (χ0v) is 12.3. The highest BCUT2D eigenvalue weighted by atomic mass is 16.8. The highest BCUT2D eigenvalue weighted by Gasteiger charge is 2.47. The molecule has 0 bridgehead atoms. The molecule has 3 heterocycles. The SMILES string of the molecule is CN1CCN(CC2OCCC3OC(C)(C)OC23)CC1. The van der Waals surface area contributed by atoms with Gasteiger partial charge in [-0.2, -0.15) is 0 Å². The molecule has 3 rings (SSSR count). The third-order valence-corrected chi connectivity index (χ3v) is 4.36. The normalized spacial score (nSPS) is 40.3. The monoisotopic (exact) mass is 270 g/mol. The minimum Gasteiger partial charge on any atom is -0.374 e. The molecule has 3 atom stereocenters. The van der Waals surface area contributed by atoms with Crippen molar-refractivity contribution < 1.29 is 14.2 Å². The number of hydrogen-bond donors (Lipinski definition) is 0. The number of likely N-dealkylation sites (N-methyl/N-ethyl adjacent to an activating group) is 1. The van der Waals surface area contributed by atoms with Gasteiger partial charge >= 0.3 is 0 Å². The Morgan fingerprint density at radius 2 is 1.84 bits per heavy atom. The maximum atomic E-state index is 6.04. The molecule has 3 saturated heterocycles. The fraction of sp³-hybridized carbons (Fsp3) is 1.00. The van der Waals surface area contributed by atoms with E-state index in [9.17, 15) is 0 Å². The van der Waals surface area contributed by atoms with E-state index in [1.54, 1.807) is 0 Å². The Balaban J connectivity index is 1.58. The summed E-state index contributed by atoms with van der Waals surface area (Å²) in [5, 5.41) is 0. The molecular formula is C14H26N2O3. The molecule has 0 aromatic rings. The van der Waals surface area contributed by atoms with Crippen molar-refractivity contribution in [3.8, 4) is 0 Å². The predicted octanol–water partition coefficient (Wildman–Crippen LogP) is 0.543. The first kappa shape index (κ1) is 13.8. The Hall–Kier alpha value is -0.200. The van der Waals surface area contributed by atoms with Gasteiger partial charge in [0.15, 0.2) is 5.79 Å². The van der Waals surface area contributed by atoms with Crippen LogP contribution in [-0.4, -0.2) is 80.3 Å². The quantitative estimate of drug-likeness (QED) is 0.732. The van der Waals surface area contributed by atoms with Crippen LogP contribution in [0.3, 0.4) is 0 Å². The average molecular weight is 270 g/mol. The molecule has 0 radical (unpaired) electrons. The van der Waals surface area contributed by atoms with E-state index in [1.165, 1.54) is 0 Å². The fourth-order valence-electron chi connectivity index (χ4n) is 3.27. The molecule has 3 unspecified atom stereocenters. The Morgan fingerprint density at radius 3 is 2.58 bits per heavy atom. The summed E-state index contributed by atoms with van der Waals surface area (Å²) in [6, 6.07) is 0. The first-order chi connectivity index (χ1) is 9.03. The van der Waals surface area contributed by atoms with E-state index < -0.39 is 5.79 Å². The van der Waals surface area contributed by atoms with Crippen LogP contribution in [-0.2, 0) is 14.2 Å². The number of nitrogens with zero attached hydrogens (tertiary/aromatic N) is 2. The summed E-state index contributed by atoms with van der Waals surface area (Å²) in [5.41, 5.74) is 0. The molecule has 0 spiro atoms. The molecule has 19 heavy (non-hydrogen) atoms. The lowest BCUT2D eigenvalue weighted by Crippen LogP contribution is -2.53. The molecule has 3 aliphatic rings. The van der Waals surface area contributed by atoms with Crippen LogP contribution in [0.5, 0.6) is 0 Å². The van der Waals surface area contributed by atoms with Gasteiger partial charge in [-0.1, -0.05) is 0 Å². The van der Waals surface area contributed by atoms with Crippen LogP contribution in [0.15, 0.2) is 0 Å². The number of ether oxygens (including phenoxy) is 3. The molecule has 0 saturated carbocycles. The Kier molecular flexibility index (Phi) is 3.84. The molecule has 5 heteroatoms. The molecule has 110 valence electrons. The smallest absolute Gasteiger partial charge is 0.163 e. The molecule has 0 aliphatic carbocycles. The summed E-state index contributed by atoms with van der Waals surface area (Å²) in [6.45, 7) is 10.3. The van der Waals surface area contributed by atoms with Gasteiger partial charge in [-0.15, -0.1) is 0 Å². The average Bonchev–Trinajstić information content (AvgIpc) is 2.67. The van der Waals surface area contributed by atoms with Crippen LogP contribution in [0, 0.1) is 0 Å². The van der Waals surface area contributed by atoms with Gasteiger partial charge in [0.2, 0.25) is 0 Å². The molecular weight excluding hydrogens is 244 g/mol. The summed E-state index contributed by atoms with van der Waals surface area (Å²) < 4.78 is 18.0. The summed E-state index contributed by atoms with van der Waals surface area (Å²) >= 11 is 0. The zero-order valence-electron chi connectivity index (χ0n) is 12.3. The zero-order chi connectivity index (χ0) is 13.5. The largest absolute Gasteiger partial charge is 0.374 e. The van der Waals surface area contributed by atoms with Crippen LogP contribution in [0.25, 0.3) is 0 Å². The van der Waals surface area contributed by atoms with Crippen molar-refractivity contribution in [2.75, 3.05) is 46.4 Å². The van der Waals surface area contributed by atoms with Crippen LogP contribution in [0.4, 0.5) is 0 Å². The second-order valence-corrected chi connectivity index (χ2v) is 6.44. The van der Waals surface area contributed by atoms with Gasteiger partial charge in [0.1, 0.15) is 6.10 Å². The highest BCUT2D eigenvalue weighted by Crippen LogP contribution is 2.35. The molecule has 0 N–H and O–H groups in total. The number of hydrogen-bond acceptors (Lipinski definition) is 5. The maximum Gasteiger partial charge on any atom is 0.163 e. The predicted molar refractivity (Wildman–Crippen MR) is 72.1 cm³/mol. The minimum atomic E-state index is -0.455. The number of fused-ring (bicyclic) bond motifs is 1. The van der Waals surface area contributed by atoms with E-state index >= 15 is 0 Å². The van der Waals surface area contributed by atoms with Crippen LogP contribution in [0.1, 0.15) is 20.3 Å². The lowest BCUT2D eigenvalue weighted by Gasteiger charge is -2.38. The van der Waals surface area contributed by atoms with E-state index in [1.807, 2.05) is 13.8 Å². The summed E-state index contributed by atoms with van der Waals surface area (Å²) in [4.78, 5) is 4.86. The lowest BCUT2D eigenvalue weighted by molar-refractivity contribution is -0.155. The van der Waals surface area contributed by atoms with Crippen molar-refractivity contribution in [1.82, 2.24) is 9.80 Å². The van der Waals surface area contributed by atoms with Crippen molar-refractivity contribution in [2.45, 2.75) is 44.4 Å². The van der Waals surface area contributed by atoms with E-state index in [-0.39, 0.29) is 18.3 Å². The topological polar surface area (TPSA) is 34.2 Å². The number of rotatable bonds is 2. The van der Waals surface area contributed by atoms with E-state index in [0.29, 0.717) is 0 Å². The molecule has 0 aromatic carbocycles. The molecule has 3 aliphatic heterocycles. The number of piperazine rings is 1. The van der Waals surface area contributed by atoms with Gasteiger partial charge in [0, 0.05) is 39.3 Å².